The Morgan fingerprint density at radius 2 is 1.85 bits per heavy atom. The van der Waals surface area contributed by atoms with Gasteiger partial charge < -0.3 is 49.2 Å². The first kappa shape index (κ1) is 18.9. The van der Waals surface area contributed by atoms with Crippen LogP contribution >= 0.6 is 0 Å². The van der Waals surface area contributed by atoms with E-state index in [1.165, 1.54) is 0 Å². The van der Waals surface area contributed by atoms with Crippen molar-refractivity contribution in [3.05, 3.63) is 0 Å². The van der Waals surface area contributed by atoms with Gasteiger partial charge in [0.15, 0.2) is 12.6 Å². The zero-order chi connectivity index (χ0) is 18.6. The summed E-state index contributed by atoms with van der Waals surface area (Å²) >= 11 is 0. The fraction of sp³-hybridized carbons (Fsp3) is 1.00. The van der Waals surface area contributed by atoms with Crippen LogP contribution in [0.25, 0.3) is 0 Å². The van der Waals surface area contributed by atoms with Gasteiger partial charge in [-0.3, -0.25) is 0 Å². The van der Waals surface area contributed by atoms with Gasteiger partial charge >= 0.3 is 0 Å². The number of hydrogen-bond acceptors (Lipinski definition) is 10. The molecule has 0 spiro atoms. The maximum absolute atomic E-state index is 10.2. The number of methoxy groups -OCH3 is 1. The highest BCUT2D eigenvalue weighted by molar-refractivity contribution is 5.21. The van der Waals surface area contributed by atoms with Crippen LogP contribution in [0.1, 0.15) is 6.42 Å². The molecule has 26 heavy (non-hydrogen) atoms. The van der Waals surface area contributed by atoms with Gasteiger partial charge in [-0.1, -0.05) is 0 Å². The van der Waals surface area contributed by atoms with Gasteiger partial charge in [0.25, 0.3) is 0 Å². The summed E-state index contributed by atoms with van der Waals surface area (Å²) in [4.78, 5) is 0. The Balaban J connectivity index is 1.52. The van der Waals surface area contributed by atoms with Crippen molar-refractivity contribution in [2.75, 3.05) is 26.9 Å². The topological polar surface area (TPSA) is 151 Å². The minimum Gasteiger partial charge on any atom is -0.394 e. The van der Waals surface area contributed by atoms with E-state index in [0.717, 1.165) is 6.42 Å². The van der Waals surface area contributed by atoms with Crippen molar-refractivity contribution in [2.45, 2.75) is 61.2 Å². The van der Waals surface area contributed by atoms with Gasteiger partial charge in [-0.25, -0.2) is 0 Å². The minimum absolute atomic E-state index is 0.0505. The van der Waals surface area contributed by atoms with E-state index in [0.29, 0.717) is 6.61 Å². The largest absolute Gasteiger partial charge is 0.394 e. The molecule has 11 atom stereocenters. The summed E-state index contributed by atoms with van der Waals surface area (Å²) in [5.41, 5.74) is -0.815. The van der Waals surface area contributed by atoms with Gasteiger partial charge in [-0.2, -0.15) is 0 Å². The van der Waals surface area contributed by atoms with Crippen molar-refractivity contribution in [2.24, 2.45) is 11.8 Å². The predicted octanol–water partition coefficient (Wildman–Crippen LogP) is -3.06. The maximum atomic E-state index is 10.2. The predicted molar refractivity (Wildman–Crippen MR) is 81.7 cm³/mol. The lowest BCUT2D eigenvalue weighted by Crippen LogP contribution is -2.61. The molecular weight excluding hydrogens is 352 g/mol. The van der Waals surface area contributed by atoms with E-state index in [-0.39, 0.29) is 30.7 Å². The molecule has 0 unspecified atom stereocenters. The highest BCUT2D eigenvalue weighted by Gasteiger charge is 2.76. The normalized spacial score (nSPS) is 56.1. The molecule has 0 aromatic carbocycles. The molecule has 0 radical (unpaired) electrons. The van der Waals surface area contributed by atoms with Crippen molar-refractivity contribution in [3.8, 4) is 0 Å². The van der Waals surface area contributed by atoms with Crippen LogP contribution in [-0.4, -0.2) is 107 Å². The third-order valence-electron chi connectivity index (χ3n) is 6.18. The number of hydrogen-bond donors (Lipinski definition) is 5. The Morgan fingerprint density at radius 1 is 1.08 bits per heavy atom. The van der Waals surface area contributed by atoms with Crippen LogP contribution in [0.2, 0.25) is 0 Å². The molecule has 0 aromatic rings. The number of aliphatic hydroxyl groups excluding tert-OH is 5. The minimum atomic E-state index is -1.53. The zero-order valence-electron chi connectivity index (χ0n) is 14.4. The first-order valence-corrected chi connectivity index (χ1v) is 8.87. The van der Waals surface area contributed by atoms with E-state index in [2.05, 4.69) is 0 Å². The van der Waals surface area contributed by atoms with E-state index in [1.807, 2.05) is 0 Å². The quantitative estimate of drug-likeness (QED) is 0.312. The molecule has 10 nitrogen and oxygen atoms in total. The summed E-state index contributed by atoms with van der Waals surface area (Å²) in [6.45, 7) is -0.353. The van der Waals surface area contributed by atoms with Crippen LogP contribution < -0.4 is 0 Å². The first-order valence-electron chi connectivity index (χ1n) is 8.87. The second-order valence-corrected chi connectivity index (χ2v) is 7.40. The third-order valence-corrected chi connectivity index (χ3v) is 6.18. The molecule has 4 rings (SSSR count). The summed E-state index contributed by atoms with van der Waals surface area (Å²) in [7, 11) is 1.60. The standard InChI is InChI=1S/C16H26O10/c1-22-12-6-2-3-23-14(8(6)16(5-18)13(12)26-16)25-15-11(21)10(20)9(19)7(4-17)24-15/h6-15,17-21H,2-5H2,1H3/t6-,7-,8-,9-,10+,11-,12+,13+,14+,15+,16-/m1/s1. The first-order chi connectivity index (χ1) is 12.5. The van der Waals surface area contributed by atoms with Crippen LogP contribution in [0.15, 0.2) is 0 Å². The highest BCUT2D eigenvalue weighted by Crippen LogP contribution is 2.61. The Kier molecular flexibility index (Phi) is 5.02. The summed E-state index contributed by atoms with van der Waals surface area (Å²) in [6, 6.07) is 0. The van der Waals surface area contributed by atoms with Crippen molar-refractivity contribution in [1.29, 1.82) is 0 Å². The zero-order valence-corrected chi connectivity index (χ0v) is 14.4. The molecule has 0 bridgehead atoms. The smallest absolute Gasteiger partial charge is 0.189 e. The molecule has 150 valence electrons. The molecule has 3 aliphatic heterocycles. The number of epoxide rings is 1. The lowest BCUT2D eigenvalue weighted by molar-refractivity contribution is -0.356. The van der Waals surface area contributed by atoms with Crippen LogP contribution in [0.3, 0.4) is 0 Å². The molecule has 0 amide bonds. The van der Waals surface area contributed by atoms with Gasteiger partial charge in [0.1, 0.15) is 36.1 Å². The lowest BCUT2D eigenvalue weighted by Gasteiger charge is -2.44. The summed E-state index contributed by atoms with van der Waals surface area (Å²) in [5.74, 6) is -0.280. The Hall–Kier alpha value is -0.400. The monoisotopic (exact) mass is 378 g/mol. The summed E-state index contributed by atoms with van der Waals surface area (Å²) in [6.07, 6.45) is -7.43. The van der Waals surface area contributed by atoms with E-state index in [1.54, 1.807) is 7.11 Å². The fourth-order valence-corrected chi connectivity index (χ4v) is 4.77. The SMILES string of the molecule is CO[C@H]1[C@@H]2CCO[C@@H](O[C@@H]3O[C@H](CO)[C@@H](O)[C@H](O)[C@H]3O)[C@@H]2[C@@]2(CO)O[C@@H]12. The van der Waals surface area contributed by atoms with E-state index in [9.17, 15) is 25.5 Å². The number of rotatable bonds is 5. The fourth-order valence-electron chi connectivity index (χ4n) is 4.77. The lowest BCUT2D eigenvalue weighted by atomic mass is 9.83. The Bertz CT molecular complexity index is 517. The molecule has 5 N–H and O–H groups in total. The van der Waals surface area contributed by atoms with E-state index < -0.39 is 49.2 Å². The molecular formula is C16H26O10. The third kappa shape index (κ3) is 2.64. The Labute approximate surface area is 150 Å². The molecule has 1 saturated carbocycles. The maximum Gasteiger partial charge on any atom is 0.189 e. The summed E-state index contributed by atoms with van der Waals surface area (Å²) < 4.78 is 28.2. The molecule has 4 aliphatic rings. The van der Waals surface area contributed by atoms with Gasteiger partial charge in [0, 0.05) is 18.9 Å². The summed E-state index contributed by atoms with van der Waals surface area (Å²) in [5, 5.41) is 49.2. The molecule has 0 aromatic heterocycles. The van der Waals surface area contributed by atoms with Crippen molar-refractivity contribution in [1.82, 2.24) is 0 Å². The molecule has 1 aliphatic carbocycles. The molecule has 3 saturated heterocycles. The van der Waals surface area contributed by atoms with Crippen LogP contribution in [-0.2, 0) is 23.7 Å². The average Bonchev–Trinajstić information content (AvgIpc) is 3.31. The van der Waals surface area contributed by atoms with Crippen molar-refractivity contribution in [3.63, 3.8) is 0 Å². The average molecular weight is 378 g/mol. The number of ether oxygens (including phenoxy) is 5. The van der Waals surface area contributed by atoms with Crippen molar-refractivity contribution < 1.29 is 49.2 Å². The van der Waals surface area contributed by atoms with Gasteiger partial charge in [-0.15, -0.1) is 0 Å². The van der Waals surface area contributed by atoms with Crippen LogP contribution in [0.4, 0.5) is 0 Å². The van der Waals surface area contributed by atoms with Crippen LogP contribution in [0, 0.1) is 11.8 Å². The van der Waals surface area contributed by atoms with Crippen LogP contribution in [0.5, 0.6) is 0 Å². The van der Waals surface area contributed by atoms with E-state index >= 15 is 0 Å². The Morgan fingerprint density at radius 3 is 2.50 bits per heavy atom. The second kappa shape index (κ2) is 6.89. The molecule has 3 heterocycles. The highest BCUT2D eigenvalue weighted by atomic mass is 16.8. The number of fused-ring (bicyclic) bond motifs is 3. The van der Waals surface area contributed by atoms with Gasteiger partial charge in [0.2, 0.25) is 0 Å². The second-order valence-electron chi connectivity index (χ2n) is 7.40. The van der Waals surface area contributed by atoms with Gasteiger partial charge in [0.05, 0.1) is 25.9 Å². The molecule has 4 fully saturated rings. The number of aliphatic hydroxyl groups is 5. The van der Waals surface area contributed by atoms with E-state index in [4.69, 9.17) is 23.7 Å². The van der Waals surface area contributed by atoms with Gasteiger partial charge in [-0.05, 0) is 6.42 Å². The van der Waals surface area contributed by atoms with Crippen molar-refractivity contribution >= 4 is 0 Å². The molecule has 10 heteroatoms.